The van der Waals surface area contributed by atoms with E-state index in [2.05, 4.69) is 4.98 Å². The molecule has 0 aliphatic heterocycles. The molecule has 23 heavy (non-hydrogen) atoms. The van der Waals surface area contributed by atoms with Crippen molar-refractivity contribution >= 4 is 6.08 Å². The Bertz CT molecular complexity index is 724. The summed E-state index contributed by atoms with van der Waals surface area (Å²) in [5.41, 5.74) is 0.928. The van der Waals surface area contributed by atoms with Crippen LogP contribution in [-0.4, -0.2) is 22.8 Å². The maximum atomic E-state index is 11.4. The summed E-state index contributed by atoms with van der Waals surface area (Å²) in [6.45, 7) is 0.535. The number of hydrogen-bond acceptors (Lipinski definition) is 3. The molecule has 5 nitrogen and oxygen atoms in total. The second kappa shape index (κ2) is 7.22. The molecule has 0 unspecified atom stereocenters. The number of nitrogens with zero attached hydrogens (tertiary/aromatic N) is 1. The summed E-state index contributed by atoms with van der Waals surface area (Å²) < 4.78 is 13.1. The first-order valence-electron chi connectivity index (χ1n) is 8.01. The molecule has 0 amide bonds. The summed E-state index contributed by atoms with van der Waals surface area (Å²) in [5.74, 6) is 1.55. The fraction of sp³-hybridized carbons (Fsp3) is 0.389. The van der Waals surface area contributed by atoms with E-state index in [1.807, 2.05) is 30.4 Å². The van der Waals surface area contributed by atoms with Crippen molar-refractivity contribution in [2.45, 2.75) is 38.3 Å². The van der Waals surface area contributed by atoms with Crippen LogP contribution in [-0.2, 0) is 6.54 Å². The van der Waals surface area contributed by atoms with Crippen LogP contribution in [0.4, 0.5) is 0 Å². The normalized spacial score (nSPS) is 15.3. The van der Waals surface area contributed by atoms with Gasteiger partial charge in [0.25, 0.3) is 0 Å². The van der Waals surface area contributed by atoms with E-state index in [1.54, 1.807) is 24.1 Å². The number of H-pyrrole nitrogens is 1. The molecule has 2 aromatic rings. The van der Waals surface area contributed by atoms with Gasteiger partial charge >= 0.3 is 5.69 Å². The Morgan fingerprint density at radius 1 is 1.30 bits per heavy atom. The molecule has 1 aromatic carbocycles. The number of allylic oxidation sites excluding steroid dienone is 1. The molecule has 0 radical (unpaired) electrons. The molecule has 1 aliphatic carbocycles. The van der Waals surface area contributed by atoms with Crippen molar-refractivity contribution in [1.29, 1.82) is 0 Å². The van der Waals surface area contributed by atoms with E-state index in [0.717, 1.165) is 29.9 Å². The second-order valence-electron chi connectivity index (χ2n) is 5.75. The number of rotatable bonds is 6. The average Bonchev–Trinajstić information content (AvgIpc) is 3.20. The number of hydrogen-bond donors (Lipinski definition) is 1. The maximum absolute atomic E-state index is 11.4. The van der Waals surface area contributed by atoms with Gasteiger partial charge in [-0.1, -0.05) is 18.2 Å². The Labute approximate surface area is 135 Å². The van der Waals surface area contributed by atoms with Gasteiger partial charge in [0.15, 0.2) is 11.5 Å². The van der Waals surface area contributed by atoms with Crippen LogP contribution >= 0.6 is 0 Å². The van der Waals surface area contributed by atoms with Crippen molar-refractivity contribution in [3.63, 3.8) is 0 Å². The summed E-state index contributed by atoms with van der Waals surface area (Å²) in [7, 11) is 1.66. The number of aromatic nitrogens is 2. The summed E-state index contributed by atoms with van der Waals surface area (Å²) in [6.07, 6.45) is 12.3. The van der Waals surface area contributed by atoms with Crippen LogP contribution in [0, 0.1) is 0 Å². The minimum absolute atomic E-state index is 0.102. The van der Waals surface area contributed by atoms with Crippen LogP contribution in [0.1, 0.15) is 31.2 Å². The van der Waals surface area contributed by atoms with Crippen LogP contribution in [0.15, 0.2) is 41.5 Å². The monoisotopic (exact) mass is 314 g/mol. The molecular formula is C18H22N2O3. The summed E-state index contributed by atoms with van der Waals surface area (Å²) in [4.78, 5) is 14.0. The third-order valence-corrected chi connectivity index (χ3v) is 4.12. The topological polar surface area (TPSA) is 56.2 Å². The molecule has 1 aromatic heterocycles. The van der Waals surface area contributed by atoms with Crippen LogP contribution in [0.3, 0.4) is 0 Å². The molecule has 1 aliphatic rings. The highest BCUT2D eigenvalue weighted by atomic mass is 16.5. The van der Waals surface area contributed by atoms with E-state index < -0.39 is 0 Å². The molecule has 1 saturated carbocycles. The molecular weight excluding hydrogens is 292 g/mol. The number of benzene rings is 1. The number of imidazole rings is 1. The summed E-state index contributed by atoms with van der Waals surface area (Å²) >= 11 is 0. The van der Waals surface area contributed by atoms with Crippen LogP contribution in [0.25, 0.3) is 6.08 Å². The van der Waals surface area contributed by atoms with Gasteiger partial charge in [0, 0.05) is 18.9 Å². The van der Waals surface area contributed by atoms with E-state index >= 15 is 0 Å². The Hall–Kier alpha value is -2.43. The van der Waals surface area contributed by atoms with Gasteiger partial charge in [-0.2, -0.15) is 0 Å². The second-order valence-corrected chi connectivity index (χ2v) is 5.75. The Morgan fingerprint density at radius 2 is 2.13 bits per heavy atom. The summed E-state index contributed by atoms with van der Waals surface area (Å²) in [5, 5.41) is 0. The minimum atomic E-state index is -0.102. The van der Waals surface area contributed by atoms with Crippen LogP contribution < -0.4 is 15.2 Å². The Balaban J connectivity index is 1.71. The lowest BCUT2D eigenvalue weighted by atomic mass is 10.2. The van der Waals surface area contributed by atoms with Gasteiger partial charge in [0.05, 0.1) is 13.2 Å². The van der Waals surface area contributed by atoms with Crippen molar-refractivity contribution in [2.75, 3.05) is 7.11 Å². The highest BCUT2D eigenvalue weighted by Gasteiger charge is 2.18. The van der Waals surface area contributed by atoms with Gasteiger partial charge in [-0.25, -0.2) is 4.79 Å². The summed E-state index contributed by atoms with van der Waals surface area (Å²) in [6, 6.07) is 5.90. The predicted molar refractivity (Wildman–Crippen MR) is 90.0 cm³/mol. The van der Waals surface area contributed by atoms with E-state index in [0.29, 0.717) is 12.6 Å². The molecule has 1 heterocycles. The number of nitrogens with one attached hydrogen (secondary N) is 1. The molecule has 122 valence electrons. The molecule has 1 fully saturated rings. The average molecular weight is 314 g/mol. The molecule has 0 saturated heterocycles. The zero-order valence-electron chi connectivity index (χ0n) is 13.3. The van der Waals surface area contributed by atoms with Gasteiger partial charge in [-0.3, -0.25) is 4.57 Å². The fourth-order valence-electron chi connectivity index (χ4n) is 2.87. The SMILES string of the molecule is COc1ccc(C=CCn2cc[nH]c2=O)cc1OC1CCCC1. The molecule has 0 atom stereocenters. The lowest BCUT2D eigenvalue weighted by Gasteiger charge is -2.16. The van der Waals surface area contributed by atoms with Gasteiger partial charge in [0.2, 0.25) is 0 Å². The molecule has 0 bridgehead atoms. The van der Waals surface area contributed by atoms with Crippen molar-refractivity contribution in [3.8, 4) is 11.5 Å². The quantitative estimate of drug-likeness (QED) is 0.890. The van der Waals surface area contributed by atoms with Gasteiger partial charge in [-0.05, 0) is 43.4 Å². The Kier molecular flexibility index (Phi) is 4.86. The number of aromatic amines is 1. The Morgan fingerprint density at radius 3 is 2.83 bits per heavy atom. The van der Waals surface area contributed by atoms with E-state index in [4.69, 9.17) is 9.47 Å². The van der Waals surface area contributed by atoms with Crippen LogP contribution in [0.5, 0.6) is 11.5 Å². The highest BCUT2D eigenvalue weighted by molar-refractivity contribution is 5.55. The largest absolute Gasteiger partial charge is 0.493 e. The molecule has 0 spiro atoms. The maximum Gasteiger partial charge on any atom is 0.325 e. The lowest BCUT2D eigenvalue weighted by Crippen LogP contribution is -2.14. The predicted octanol–water partition coefficient (Wildman–Crippen LogP) is 3.22. The van der Waals surface area contributed by atoms with Gasteiger partial charge in [-0.15, -0.1) is 0 Å². The molecule has 1 N–H and O–H groups in total. The highest BCUT2D eigenvalue weighted by Crippen LogP contribution is 2.32. The first-order valence-corrected chi connectivity index (χ1v) is 8.01. The fourth-order valence-corrected chi connectivity index (χ4v) is 2.87. The van der Waals surface area contributed by atoms with Crippen molar-refractivity contribution in [2.24, 2.45) is 0 Å². The van der Waals surface area contributed by atoms with E-state index in [1.165, 1.54) is 12.8 Å². The molecule has 3 rings (SSSR count). The first kappa shape index (κ1) is 15.5. The van der Waals surface area contributed by atoms with Crippen LogP contribution in [0.2, 0.25) is 0 Å². The van der Waals surface area contributed by atoms with E-state index in [9.17, 15) is 4.79 Å². The van der Waals surface area contributed by atoms with Gasteiger partial charge in [0.1, 0.15) is 0 Å². The zero-order valence-corrected chi connectivity index (χ0v) is 13.3. The zero-order chi connectivity index (χ0) is 16.1. The number of methoxy groups -OCH3 is 1. The van der Waals surface area contributed by atoms with Crippen molar-refractivity contribution in [3.05, 3.63) is 52.7 Å². The van der Waals surface area contributed by atoms with Crippen molar-refractivity contribution in [1.82, 2.24) is 9.55 Å². The smallest absolute Gasteiger partial charge is 0.325 e. The van der Waals surface area contributed by atoms with E-state index in [-0.39, 0.29) is 5.69 Å². The van der Waals surface area contributed by atoms with Crippen molar-refractivity contribution < 1.29 is 9.47 Å². The van der Waals surface area contributed by atoms with Gasteiger partial charge < -0.3 is 14.5 Å². The third-order valence-electron chi connectivity index (χ3n) is 4.12. The minimum Gasteiger partial charge on any atom is -0.493 e. The lowest BCUT2D eigenvalue weighted by molar-refractivity contribution is 0.201. The molecule has 5 heteroatoms. The third kappa shape index (κ3) is 3.86. The first-order chi connectivity index (χ1) is 11.3. The number of ether oxygens (including phenoxy) is 2. The standard InChI is InChI=1S/C18H22N2O3/c1-22-16-9-8-14(5-4-11-20-12-10-19-18(20)21)13-17(16)23-15-6-2-3-7-15/h4-5,8-10,12-13,15H,2-3,6-7,11H2,1H3,(H,19,21).